The van der Waals surface area contributed by atoms with Crippen molar-refractivity contribution in [3.05, 3.63) is 42.1 Å². The number of nitrogens with zero attached hydrogens (tertiary/aromatic N) is 2. The van der Waals surface area contributed by atoms with Gasteiger partial charge in [-0.15, -0.1) is 0 Å². The number of hydrogen-bond acceptors (Lipinski definition) is 5. The number of aromatic nitrogens is 1. The summed E-state index contributed by atoms with van der Waals surface area (Å²) < 4.78 is 0. The number of pyridine rings is 1. The Balaban J connectivity index is 1.98. The van der Waals surface area contributed by atoms with Crippen molar-refractivity contribution in [3.8, 4) is 11.8 Å². The zero-order chi connectivity index (χ0) is 15.9. The summed E-state index contributed by atoms with van der Waals surface area (Å²) in [7, 11) is 0. The molecular formula is C17H19N3O2. The molecule has 1 aromatic heterocycles. The Hall–Kier alpha value is -2.58. The SMILES string of the molecule is C=C(C)C(=O)C#CC=C1CCN(c2ncccc2NO)CC1. The molecule has 1 aromatic rings. The highest BCUT2D eigenvalue weighted by atomic mass is 16.5. The van der Waals surface area contributed by atoms with E-state index >= 15 is 0 Å². The number of hydrogen-bond donors (Lipinski definition) is 2. The van der Waals surface area contributed by atoms with Crippen LogP contribution < -0.4 is 10.4 Å². The summed E-state index contributed by atoms with van der Waals surface area (Å²) in [6.45, 7) is 6.82. The molecule has 0 unspecified atom stereocenters. The fourth-order valence-electron chi connectivity index (χ4n) is 2.20. The Morgan fingerprint density at radius 2 is 2.23 bits per heavy atom. The molecule has 5 heteroatoms. The van der Waals surface area contributed by atoms with Crippen LogP contribution in [0.4, 0.5) is 11.5 Å². The van der Waals surface area contributed by atoms with Crippen molar-refractivity contribution in [2.45, 2.75) is 19.8 Å². The third-order valence-corrected chi connectivity index (χ3v) is 3.46. The maximum Gasteiger partial charge on any atom is 0.231 e. The van der Waals surface area contributed by atoms with E-state index in [1.807, 2.05) is 6.08 Å². The summed E-state index contributed by atoms with van der Waals surface area (Å²) in [5.74, 6) is 5.88. The zero-order valence-electron chi connectivity index (χ0n) is 12.6. The van der Waals surface area contributed by atoms with Gasteiger partial charge in [-0.3, -0.25) is 15.5 Å². The maximum absolute atomic E-state index is 11.3. The van der Waals surface area contributed by atoms with E-state index < -0.39 is 0 Å². The lowest BCUT2D eigenvalue weighted by Gasteiger charge is -2.30. The molecule has 0 saturated carbocycles. The van der Waals surface area contributed by atoms with E-state index in [1.54, 1.807) is 25.3 Å². The number of Topliss-reactive ketones (excluding diaryl/α,β-unsaturated/α-hetero) is 1. The first kappa shape index (κ1) is 15.8. The lowest BCUT2D eigenvalue weighted by atomic mass is 10.0. The van der Waals surface area contributed by atoms with E-state index in [9.17, 15) is 4.79 Å². The molecule has 2 rings (SSSR count). The van der Waals surface area contributed by atoms with Crippen LogP contribution in [0.1, 0.15) is 19.8 Å². The quantitative estimate of drug-likeness (QED) is 0.388. The summed E-state index contributed by atoms with van der Waals surface area (Å²) in [5.41, 5.74) is 4.45. The van der Waals surface area contributed by atoms with Crippen molar-refractivity contribution in [2.24, 2.45) is 0 Å². The van der Waals surface area contributed by atoms with Crippen LogP contribution in [-0.4, -0.2) is 29.1 Å². The van der Waals surface area contributed by atoms with E-state index in [0.29, 0.717) is 11.3 Å². The molecular weight excluding hydrogens is 278 g/mol. The number of rotatable bonds is 3. The molecule has 5 nitrogen and oxygen atoms in total. The lowest BCUT2D eigenvalue weighted by molar-refractivity contribution is -0.110. The Morgan fingerprint density at radius 3 is 2.86 bits per heavy atom. The molecule has 22 heavy (non-hydrogen) atoms. The van der Waals surface area contributed by atoms with E-state index in [1.165, 1.54) is 5.57 Å². The molecule has 1 saturated heterocycles. The van der Waals surface area contributed by atoms with Gasteiger partial charge in [0.05, 0.1) is 0 Å². The summed E-state index contributed by atoms with van der Waals surface area (Å²) in [6, 6.07) is 3.55. The predicted molar refractivity (Wildman–Crippen MR) is 86.8 cm³/mol. The monoisotopic (exact) mass is 297 g/mol. The molecule has 2 N–H and O–H groups in total. The van der Waals surface area contributed by atoms with Crippen molar-refractivity contribution in [2.75, 3.05) is 23.5 Å². The highest BCUT2D eigenvalue weighted by Gasteiger charge is 2.17. The van der Waals surface area contributed by atoms with Crippen LogP contribution in [0, 0.1) is 11.8 Å². The normalized spacial score (nSPS) is 13.9. The minimum absolute atomic E-state index is 0.221. The molecule has 0 spiro atoms. The smallest absolute Gasteiger partial charge is 0.231 e. The van der Waals surface area contributed by atoms with Crippen LogP contribution in [0.3, 0.4) is 0 Å². The average molecular weight is 297 g/mol. The second-order valence-corrected chi connectivity index (χ2v) is 5.15. The number of anilines is 2. The Bertz CT molecular complexity index is 658. The molecule has 1 aliphatic rings. The second kappa shape index (κ2) is 7.43. The van der Waals surface area contributed by atoms with Crippen LogP contribution in [0.2, 0.25) is 0 Å². The lowest BCUT2D eigenvalue weighted by Crippen LogP contribution is -2.31. The summed E-state index contributed by atoms with van der Waals surface area (Å²) in [5, 5.41) is 9.13. The third-order valence-electron chi connectivity index (χ3n) is 3.46. The molecule has 0 radical (unpaired) electrons. The van der Waals surface area contributed by atoms with Crippen LogP contribution in [-0.2, 0) is 4.79 Å². The standard InChI is InChI=1S/C17H19N3O2/c1-13(2)16(21)7-3-5-14-8-11-20(12-9-14)17-15(19-22)6-4-10-18-17/h4-6,10,19,22H,1,8-9,11-12H2,2H3. The first-order chi connectivity index (χ1) is 10.6. The Kier molecular flexibility index (Phi) is 5.34. The van der Waals surface area contributed by atoms with Crippen LogP contribution in [0.5, 0.6) is 0 Å². The zero-order valence-corrected chi connectivity index (χ0v) is 12.6. The highest BCUT2D eigenvalue weighted by Crippen LogP contribution is 2.26. The summed E-state index contributed by atoms with van der Waals surface area (Å²) in [4.78, 5) is 17.8. The molecule has 0 bridgehead atoms. The van der Waals surface area contributed by atoms with Gasteiger partial charge in [0, 0.05) is 19.3 Å². The van der Waals surface area contributed by atoms with E-state index in [2.05, 4.69) is 33.8 Å². The van der Waals surface area contributed by atoms with Gasteiger partial charge in [0.2, 0.25) is 5.78 Å². The van der Waals surface area contributed by atoms with Gasteiger partial charge >= 0.3 is 0 Å². The molecule has 114 valence electrons. The molecule has 0 amide bonds. The van der Waals surface area contributed by atoms with E-state index in [4.69, 9.17) is 5.21 Å². The Labute approximate surface area is 130 Å². The molecule has 1 aliphatic heterocycles. The number of carbonyl (C=O) groups excluding carboxylic acids is 1. The van der Waals surface area contributed by atoms with Gasteiger partial charge in [0.15, 0.2) is 5.82 Å². The van der Waals surface area contributed by atoms with Gasteiger partial charge in [0.25, 0.3) is 0 Å². The van der Waals surface area contributed by atoms with Gasteiger partial charge in [-0.25, -0.2) is 4.98 Å². The summed E-state index contributed by atoms with van der Waals surface area (Å²) >= 11 is 0. The summed E-state index contributed by atoms with van der Waals surface area (Å²) in [6.07, 6.45) is 5.24. The number of nitrogens with one attached hydrogen (secondary N) is 1. The van der Waals surface area contributed by atoms with Crippen molar-refractivity contribution in [1.82, 2.24) is 4.98 Å². The van der Waals surface area contributed by atoms with Gasteiger partial charge in [-0.2, -0.15) is 0 Å². The molecule has 2 heterocycles. The molecule has 0 atom stereocenters. The Morgan fingerprint density at radius 1 is 1.50 bits per heavy atom. The van der Waals surface area contributed by atoms with Gasteiger partial charge in [-0.05, 0) is 49.5 Å². The highest BCUT2D eigenvalue weighted by molar-refractivity contribution is 6.07. The van der Waals surface area contributed by atoms with Gasteiger partial charge in [0.1, 0.15) is 5.69 Å². The second-order valence-electron chi connectivity index (χ2n) is 5.15. The van der Waals surface area contributed by atoms with E-state index in [-0.39, 0.29) is 5.78 Å². The third kappa shape index (κ3) is 3.96. The van der Waals surface area contributed by atoms with Crippen LogP contribution in [0.25, 0.3) is 0 Å². The van der Waals surface area contributed by atoms with Crippen molar-refractivity contribution < 1.29 is 10.0 Å². The van der Waals surface area contributed by atoms with Gasteiger partial charge in [-0.1, -0.05) is 18.1 Å². The molecule has 1 fully saturated rings. The topological polar surface area (TPSA) is 65.5 Å². The van der Waals surface area contributed by atoms with E-state index in [0.717, 1.165) is 31.7 Å². The minimum Gasteiger partial charge on any atom is -0.354 e. The first-order valence-corrected chi connectivity index (χ1v) is 7.11. The largest absolute Gasteiger partial charge is 0.354 e. The average Bonchev–Trinajstić information content (AvgIpc) is 2.55. The molecule has 0 aromatic carbocycles. The van der Waals surface area contributed by atoms with Crippen molar-refractivity contribution >= 4 is 17.3 Å². The minimum atomic E-state index is -0.221. The van der Waals surface area contributed by atoms with Gasteiger partial charge < -0.3 is 4.90 Å². The van der Waals surface area contributed by atoms with Crippen molar-refractivity contribution in [3.63, 3.8) is 0 Å². The molecule has 0 aliphatic carbocycles. The number of allylic oxidation sites excluding steroid dienone is 2. The van der Waals surface area contributed by atoms with Crippen molar-refractivity contribution in [1.29, 1.82) is 0 Å². The fraction of sp³-hybridized carbons (Fsp3) is 0.294. The fourth-order valence-corrected chi connectivity index (χ4v) is 2.20. The number of carbonyl (C=O) groups is 1. The number of piperidine rings is 1. The predicted octanol–water partition coefficient (Wildman–Crippen LogP) is 2.56. The number of ketones is 1. The van der Waals surface area contributed by atoms with Crippen LogP contribution >= 0.6 is 0 Å². The van der Waals surface area contributed by atoms with Crippen LogP contribution in [0.15, 0.2) is 42.1 Å². The maximum atomic E-state index is 11.3. The first-order valence-electron chi connectivity index (χ1n) is 7.11.